The molecule has 6 nitrogen and oxygen atoms in total. The van der Waals surface area contributed by atoms with E-state index in [-0.39, 0.29) is 29.8 Å². The van der Waals surface area contributed by atoms with E-state index in [4.69, 9.17) is 11.6 Å². The molecule has 1 aromatic carbocycles. The van der Waals surface area contributed by atoms with E-state index in [1.54, 1.807) is 0 Å². The van der Waals surface area contributed by atoms with Crippen molar-refractivity contribution in [2.75, 3.05) is 16.8 Å². The predicted molar refractivity (Wildman–Crippen MR) is 104 cm³/mol. The van der Waals surface area contributed by atoms with Crippen LogP contribution in [0, 0.1) is 11.7 Å². The van der Waals surface area contributed by atoms with Crippen molar-refractivity contribution in [1.82, 2.24) is 10.2 Å². The maximum Gasteiger partial charge on any atom is 0.231 e. The first-order valence-electron chi connectivity index (χ1n) is 8.86. The van der Waals surface area contributed by atoms with Crippen molar-refractivity contribution in [2.45, 2.75) is 39.0 Å². The lowest BCUT2D eigenvalue weighted by atomic mass is 10.1. The molecule has 9 heteroatoms. The number of anilines is 2. The molecule has 0 saturated carbocycles. The van der Waals surface area contributed by atoms with Gasteiger partial charge >= 0.3 is 0 Å². The second kappa shape index (κ2) is 8.75. The summed E-state index contributed by atoms with van der Waals surface area (Å²) in [5, 5.41) is 12.1. The lowest BCUT2D eigenvalue weighted by molar-refractivity contribution is -0.122. The number of unbranched alkanes of at least 4 members (excludes halogenated alkanes) is 2. The number of amides is 2. The third-order valence-electron chi connectivity index (χ3n) is 4.40. The van der Waals surface area contributed by atoms with Gasteiger partial charge < -0.3 is 10.2 Å². The first kappa shape index (κ1) is 19.7. The maximum atomic E-state index is 13.3. The summed E-state index contributed by atoms with van der Waals surface area (Å²) < 4.78 is 13.3. The molecule has 1 fully saturated rings. The summed E-state index contributed by atoms with van der Waals surface area (Å²) in [4.78, 5) is 26.2. The van der Waals surface area contributed by atoms with Crippen LogP contribution in [0.15, 0.2) is 18.2 Å². The van der Waals surface area contributed by atoms with Gasteiger partial charge in [-0.3, -0.25) is 9.59 Å². The number of halogens is 2. The Labute approximate surface area is 165 Å². The van der Waals surface area contributed by atoms with E-state index in [2.05, 4.69) is 22.4 Å². The Morgan fingerprint density at radius 2 is 2.22 bits per heavy atom. The number of rotatable bonds is 7. The summed E-state index contributed by atoms with van der Waals surface area (Å²) in [6.45, 7) is 2.35. The molecule has 1 aromatic heterocycles. The van der Waals surface area contributed by atoms with E-state index < -0.39 is 11.7 Å². The van der Waals surface area contributed by atoms with E-state index in [1.165, 1.54) is 34.4 Å². The molecular weight excluding hydrogens is 391 g/mol. The largest absolute Gasteiger partial charge is 0.312 e. The van der Waals surface area contributed by atoms with Crippen molar-refractivity contribution >= 4 is 45.6 Å². The molecule has 27 heavy (non-hydrogen) atoms. The van der Waals surface area contributed by atoms with Crippen LogP contribution in [0.1, 0.15) is 37.6 Å². The fraction of sp³-hybridized carbons (Fsp3) is 0.444. The molecule has 2 amide bonds. The van der Waals surface area contributed by atoms with E-state index in [0.717, 1.165) is 30.7 Å². The van der Waals surface area contributed by atoms with Gasteiger partial charge in [-0.15, -0.1) is 10.2 Å². The van der Waals surface area contributed by atoms with Crippen LogP contribution in [0.4, 0.5) is 15.2 Å². The van der Waals surface area contributed by atoms with Crippen LogP contribution in [0.25, 0.3) is 0 Å². The van der Waals surface area contributed by atoms with Crippen molar-refractivity contribution in [3.63, 3.8) is 0 Å². The Morgan fingerprint density at radius 3 is 2.96 bits per heavy atom. The average molecular weight is 411 g/mol. The summed E-state index contributed by atoms with van der Waals surface area (Å²) in [5.41, 5.74) is 0.482. The molecule has 3 rings (SSSR count). The highest BCUT2D eigenvalue weighted by Crippen LogP contribution is 2.29. The van der Waals surface area contributed by atoms with E-state index in [1.807, 2.05) is 0 Å². The molecule has 1 aliphatic heterocycles. The van der Waals surface area contributed by atoms with Crippen molar-refractivity contribution in [1.29, 1.82) is 0 Å². The highest BCUT2D eigenvalue weighted by molar-refractivity contribution is 7.15. The van der Waals surface area contributed by atoms with Crippen molar-refractivity contribution in [3.8, 4) is 0 Å². The number of aryl methyl sites for hydroxylation is 1. The van der Waals surface area contributed by atoms with Crippen LogP contribution in [0.3, 0.4) is 0 Å². The number of carbonyl (C=O) groups excluding carboxylic acids is 2. The molecule has 1 aliphatic rings. The number of hydrogen-bond acceptors (Lipinski definition) is 5. The number of nitrogens with one attached hydrogen (secondary N) is 1. The zero-order valence-electron chi connectivity index (χ0n) is 14.9. The molecule has 0 aliphatic carbocycles. The van der Waals surface area contributed by atoms with Gasteiger partial charge in [0.25, 0.3) is 0 Å². The van der Waals surface area contributed by atoms with Crippen molar-refractivity contribution in [2.24, 2.45) is 5.92 Å². The van der Waals surface area contributed by atoms with Gasteiger partial charge in [-0.1, -0.05) is 42.7 Å². The quantitative estimate of drug-likeness (QED) is 0.698. The number of nitrogens with zero attached hydrogens (tertiary/aromatic N) is 3. The fourth-order valence-electron chi connectivity index (χ4n) is 2.92. The summed E-state index contributed by atoms with van der Waals surface area (Å²) >= 11 is 7.15. The lowest BCUT2D eigenvalue weighted by Gasteiger charge is -2.17. The molecule has 1 unspecified atom stereocenters. The Hall–Kier alpha value is -2.06. The van der Waals surface area contributed by atoms with E-state index in [9.17, 15) is 14.0 Å². The van der Waals surface area contributed by atoms with Gasteiger partial charge in [-0.05, 0) is 24.6 Å². The zero-order valence-corrected chi connectivity index (χ0v) is 16.4. The molecule has 0 radical (unpaired) electrons. The predicted octanol–water partition coefficient (Wildman–Crippen LogP) is 4.05. The molecule has 0 bridgehead atoms. The van der Waals surface area contributed by atoms with Crippen molar-refractivity contribution < 1.29 is 14.0 Å². The van der Waals surface area contributed by atoms with E-state index in [0.29, 0.717) is 10.8 Å². The number of carbonyl (C=O) groups is 2. The minimum atomic E-state index is -0.549. The van der Waals surface area contributed by atoms with Gasteiger partial charge in [0.2, 0.25) is 16.9 Å². The highest BCUT2D eigenvalue weighted by atomic mass is 35.5. The third kappa shape index (κ3) is 4.81. The Morgan fingerprint density at radius 1 is 1.41 bits per heavy atom. The molecule has 1 atom stereocenters. The Kier molecular flexibility index (Phi) is 6.38. The average Bonchev–Trinajstić information content (AvgIpc) is 3.24. The first-order chi connectivity index (χ1) is 13.0. The van der Waals surface area contributed by atoms with Crippen LogP contribution >= 0.6 is 22.9 Å². The smallest absolute Gasteiger partial charge is 0.231 e. The van der Waals surface area contributed by atoms with Gasteiger partial charge in [0.15, 0.2) is 0 Å². The van der Waals surface area contributed by atoms with Crippen molar-refractivity contribution in [3.05, 3.63) is 34.0 Å². The second-order valence-corrected chi connectivity index (χ2v) is 7.92. The zero-order chi connectivity index (χ0) is 19.4. The van der Waals surface area contributed by atoms with Gasteiger partial charge in [0, 0.05) is 25.1 Å². The van der Waals surface area contributed by atoms with Crippen LogP contribution in [0.2, 0.25) is 5.02 Å². The first-order valence-corrected chi connectivity index (χ1v) is 10.1. The summed E-state index contributed by atoms with van der Waals surface area (Å²) in [6, 6.07) is 4.08. The van der Waals surface area contributed by atoms with E-state index >= 15 is 0 Å². The fourth-order valence-corrected chi connectivity index (χ4v) is 3.88. The minimum Gasteiger partial charge on any atom is -0.312 e. The molecule has 1 N–H and O–H groups in total. The Balaban J connectivity index is 1.59. The second-order valence-electron chi connectivity index (χ2n) is 6.45. The maximum absolute atomic E-state index is 13.3. The van der Waals surface area contributed by atoms with Gasteiger partial charge in [0.05, 0.1) is 10.9 Å². The van der Waals surface area contributed by atoms with Crippen LogP contribution < -0.4 is 10.2 Å². The lowest BCUT2D eigenvalue weighted by Crippen LogP contribution is -2.28. The van der Waals surface area contributed by atoms with Crippen LogP contribution in [0.5, 0.6) is 0 Å². The highest BCUT2D eigenvalue weighted by Gasteiger charge is 2.35. The summed E-state index contributed by atoms with van der Waals surface area (Å²) in [5.74, 6) is -1.52. The summed E-state index contributed by atoms with van der Waals surface area (Å²) in [7, 11) is 0. The van der Waals surface area contributed by atoms with Gasteiger partial charge in [0.1, 0.15) is 10.8 Å². The Bertz CT molecular complexity index is 845. The van der Waals surface area contributed by atoms with Crippen LogP contribution in [-0.2, 0) is 16.0 Å². The number of benzene rings is 1. The van der Waals surface area contributed by atoms with Gasteiger partial charge in [-0.25, -0.2) is 4.39 Å². The molecule has 2 heterocycles. The molecule has 0 spiro atoms. The number of aromatic nitrogens is 2. The molecule has 2 aromatic rings. The third-order valence-corrected chi connectivity index (χ3v) is 5.59. The SMILES string of the molecule is CCCCCc1nnc(NC(=O)C2CC(=O)N(c3ccc(F)c(Cl)c3)C2)s1. The minimum absolute atomic E-state index is 0.0577. The number of hydrogen-bond donors (Lipinski definition) is 1. The molecule has 144 valence electrons. The van der Waals surface area contributed by atoms with Crippen LogP contribution in [-0.4, -0.2) is 28.6 Å². The summed E-state index contributed by atoms with van der Waals surface area (Å²) in [6.07, 6.45) is 4.25. The standard InChI is InChI=1S/C18H20ClFN4O2S/c1-2-3-4-5-15-22-23-18(27-15)21-17(26)11-8-16(25)24(10-11)12-6-7-14(20)13(19)9-12/h6-7,9,11H,2-5,8,10H2,1H3,(H,21,23,26). The topological polar surface area (TPSA) is 75.2 Å². The molecular formula is C18H20ClFN4O2S. The van der Waals surface area contributed by atoms with Gasteiger partial charge in [-0.2, -0.15) is 0 Å². The molecule has 1 saturated heterocycles. The monoisotopic (exact) mass is 410 g/mol. The normalized spacial score (nSPS) is 16.8.